The molecule has 10 heteroatoms. The summed E-state index contributed by atoms with van der Waals surface area (Å²) < 4.78 is 6.65. The van der Waals surface area contributed by atoms with Crippen molar-refractivity contribution < 1.29 is 19.1 Å². The summed E-state index contributed by atoms with van der Waals surface area (Å²) in [6, 6.07) is 10.2. The highest BCUT2D eigenvalue weighted by atomic mass is 32.1. The number of likely N-dealkylation sites (N-methyl/N-ethyl adjacent to an activating group) is 3. The molecule has 3 N–H and O–H groups in total. The minimum Gasteiger partial charge on any atom is -0.370 e. The molecule has 0 fully saturated rings. The second-order valence-corrected chi connectivity index (χ2v) is 11.0. The van der Waals surface area contributed by atoms with E-state index in [0.29, 0.717) is 12.8 Å². The Balaban J connectivity index is 1.87. The number of ether oxygens (including phenoxy) is 1. The van der Waals surface area contributed by atoms with Gasteiger partial charge in [-0.05, 0) is 40.3 Å². The van der Waals surface area contributed by atoms with Gasteiger partial charge in [-0.3, -0.25) is 14.4 Å². The van der Waals surface area contributed by atoms with Crippen molar-refractivity contribution in [2.24, 2.45) is 5.73 Å². The quantitative estimate of drug-likeness (QED) is 0.344. The van der Waals surface area contributed by atoms with Gasteiger partial charge in [-0.2, -0.15) is 0 Å². The van der Waals surface area contributed by atoms with E-state index in [1.54, 1.807) is 32.5 Å². The zero-order chi connectivity index (χ0) is 26.9. The number of rotatable bonds is 13. The molecular weight excluding hydrogens is 508 g/mol. The standard InChI is InChI=1S/C27H36N4O4S2/c1-5-19(28)15-35-16-25(32)30(3)23(13-18-17-37-24-11-7-6-10-21(18)24)27(34)31(4)22(26(33)29-2)14-20-9-8-12-36-20/h6-12,17,19,22-23H,5,13-16,28H2,1-4H3,(H,29,33)/t19?,22-,23-/m1/s1. The van der Waals surface area contributed by atoms with Crippen LogP contribution in [0, 0.1) is 0 Å². The van der Waals surface area contributed by atoms with Gasteiger partial charge in [-0.1, -0.05) is 31.2 Å². The van der Waals surface area contributed by atoms with Gasteiger partial charge in [0.2, 0.25) is 17.7 Å². The number of fused-ring (bicyclic) bond motifs is 1. The Morgan fingerprint density at radius 2 is 1.78 bits per heavy atom. The van der Waals surface area contributed by atoms with Crippen LogP contribution in [0.25, 0.3) is 10.1 Å². The lowest BCUT2D eigenvalue weighted by atomic mass is 10.0. The minimum atomic E-state index is -0.811. The molecule has 3 rings (SSSR count). The molecular formula is C27H36N4O4S2. The van der Waals surface area contributed by atoms with Crippen LogP contribution in [0.5, 0.6) is 0 Å². The van der Waals surface area contributed by atoms with Crippen molar-refractivity contribution in [3.05, 3.63) is 57.6 Å². The number of carbonyl (C=O) groups is 3. The van der Waals surface area contributed by atoms with Crippen molar-refractivity contribution in [2.45, 2.75) is 44.3 Å². The van der Waals surface area contributed by atoms with Gasteiger partial charge in [-0.25, -0.2) is 0 Å². The van der Waals surface area contributed by atoms with E-state index >= 15 is 0 Å². The number of carbonyl (C=O) groups excluding carboxylic acids is 3. The third kappa shape index (κ3) is 7.38. The molecule has 0 aliphatic heterocycles. The molecule has 0 bridgehead atoms. The number of nitrogens with zero attached hydrogens (tertiary/aromatic N) is 2. The zero-order valence-corrected chi connectivity index (χ0v) is 23.4. The molecule has 0 radical (unpaired) electrons. The molecule has 0 aliphatic rings. The maximum Gasteiger partial charge on any atom is 0.249 e. The molecule has 0 aliphatic carbocycles. The lowest BCUT2D eigenvalue weighted by Crippen LogP contribution is -2.56. The second kappa shape index (κ2) is 13.7. The Hall–Kier alpha value is -2.79. The lowest BCUT2D eigenvalue weighted by molar-refractivity contribution is -0.149. The van der Waals surface area contributed by atoms with E-state index in [0.717, 1.165) is 26.9 Å². The highest BCUT2D eigenvalue weighted by Crippen LogP contribution is 2.28. The highest BCUT2D eigenvalue weighted by molar-refractivity contribution is 7.17. The van der Waals surface area contributed by atoms with Crippen LogP contribution in [-0.4, -0.2) is 80.0 Å². The van der Waals surface area contributed by atoms with Crippen LogP contribution in [0.2, 0.25) is 0 Å². The Morgan fingerprint density at radius 1 is 1.03 bits per heavy atom. The van der Waals surface area contributed by atoms with Crippen LogP contribution in [0.1, 0.15) is 23.8 Å². The molecule has 0 saturated carbocycles. The van der Waals surface area contributed by atoms with Gasteiger partial charge in [0, 0.05) is 49.6 Å². The van der Waals surface area contributed by atoms with Crippen LogP contribution in [0.4, 0.5) is 0 Å². The molecule has 1 unspecified atom stereocenters. The van der Waals surface area contributed by atoms with E-state index in [9.17, 15) is 14.4 Å². The summed E-state index contributed by atoms with van der Waals surface area (Å²) in [5.41, 5.74) is 6.89. The van der Waals surface area contributed by atoms with Crippen molar-refractivity contribution >= 4 is 50.5 Å². The van der Waals surface area contributed by atoms with Crippen LogP contribution in [0.3, 0.4) is 0 Å². The van der Waals surface area contributed by atoms with Gasteiger partial charge < -0.3 is 25.6 Å². The summed E-state index contributed by atoms with van der Waals surface area (Å²) in [6.45, 7) is 2.05. The maximum absolute atomic E-state index is 14.0. The Bertz CT molecular complexity index is 1180. The molecule has 37 heavy (non-hydrogen) atoms. The van der Waals surface area contributed by atoms with Crippen molar-refractivity contribution in [1.29, 1.82) is 0 Å². The smallest absolute Gasteiger partial charge is 0.249 e. The van der Waals surface area contributed by atoms with Crippen molar-refractivity contribution in [2.75, 3.05) is 34.4 Å². The lowest BCUT2D eigenvalue weighted by Gasteiger charge is -2.34. The van der Waals surface area contributed by atoms with Gasteiger partial charge in [0.1, 0.15) is 18.7 Å². The number of hydrogen-bond donors (Lipinski definition) is 2. The van der Waals surface area contributed by atoms with Crippen LogP contribution in [-0.2, 0) is 32.0 Å². The van der Waals surface area contributed by atoms with E-state index in [4.69, 9.17) is 10.5 Å². The highest BCUT2D eigenvalue weighted by Gasteiger charge is 2.35. The third-order valence-corrected chi connectivity index (χ3v) is 8.45. The largest absolute Gasteiger partial charge is 0.370 e. The summed E-state index contributed by atoms with van der Waals surface area (Å²) in [7, 11) is 4.80. The first-order valence-electron chi connectivity index (χ1n) is 12.3. The molecule has 2 heterocycles. The molecule has 0 spiro atoms. The third-order valence-electron chi connectivity index (χ3n) is 6.54. The molecule has 8 nitrogen and oxygen atoms in total. The topological polar surface area (TPSA) is 105 Å². The molecule has 0 saturated heterocycles. The second-order valence-electron chi connectivity index (χ2n) is 9.03. The molecule has 3 amide bonds. The monoisotopic (exact) mass is 544 g/mol. The first-order chi connectivity index (χ1) is 17.8. The van der Waals surface area contributed by atoms with Gasteiger partial charge in [0.15, 0.2) is 0 Å². The van der Waals surface area contributed by atoms with E-state index in [1.807, 2.05) is 54.1 Å². The van der Waals surface area contributed by atoms with E-state index < -0.39 is 12.1 Å². The van der Waals surface area contributed by atoms with Gasteiger partial charge in [0.25, 0.3) is 0 Å². The average Bonchev–Trinajstić information content (AvgIpc) is 3.58. The van der Waals surface area contributed by atoms with Crippen LogP contribution >= 0.6 is 22.7 Å². The predicted octanol–water partition coefficient (Wildman–Crippen LogP) is 2.90. The fourth-order valence-electron chi connectivity index (χ4n) is 4.06. The average molecular weight is 545 g/mol. The SMILES string of the molecule is CCC(N)COCC(=O)N(C)[C@H](Cc1csc2ccccc12)C(=O)N(C)[C@H](Cc1cccs1)C(=O)NC. The zero-order valence-electron chi connectivity index (χ0n) is 21.8. The van der Waals surface area contributed by atoms with Gasteiger partial charge >= 0.3 is 0 Å². The number of amides is 3. The van der Waals surface area contributed by atoms with E-state index in [2.05, 4.69) is 5.32 Å². The summed E-state index contributed by atoms with van der Waals surface area (Å²) >= 11 is 3.14. The number of thiophene rings is 2. The fraction of sp³-hybridized carbons (Fsp3) is 0.444. The summed E-state index contributed by atoms with van der Waals surface area (Å²) in [4.78, 5) is 43.8. The van der Waals surface area contributed by atoms with E-state index in [-0.39, 0.29) is 37.0 Å². The Morgan fingerprint density at radius 3 is 2.46 bits per heavy atom. The number of nitrogens with two attached hydrogens (primary N) is 1. The molecule has 3 atom stereocenters. The first-order valence-corrected chi connectivity index (χ1v) is 14.1. The maximum atomic E-state index is 14.0. The minimum absolute atomic E-state index is 0.149. The summed E-state index contributed by atoms with van der Waals surface area (Å²) in [5.74, 6) is -0.874. The number of benzene rings is 1. The normalized spacial score (nSPS) is 13.6. The van der Waals surface area contributed by atoms with Crippen molar-refractivity contribution in [3.8, 4) is 0 Å². The van der Waals surface area contributed by atoms with Gasteiger partial charge in [-0.15, -0.1) is 22.7 Å². The Kier molecular flexibility index (Phi) is 10.6. The summed E-state index contributed by atoms with van der Waals surface area (Å²) in [6.07, 6.45) is 1.46. The first kappa shape index (κ1) is 28.8. The van der Waals surface area contributed by atoms with E-state index in [1.165, 1.54) is 21.1 Å². The number of hydrogen-bond acceptors (Lipinski definition) is 7. The van der Waals surface area contributed by atoms with Gasteiger partial charge in [0.05, 0.1) is 6.61 Å². The predicted molar refractivity (Wildman–Crippen MR) is 150 cm³/mol. The van der Waals surface area contributed by atoms with Crippen molar-refractivity contribution in [3.63, 3.8) is 0 Å². The van der Waals surface area contributed by atoms with Crippen LogP contribution < -0.4 is 11.1 Å². The van der Waals surface area contributed by atoms with Crippen LogP contribution in [0.15, 0.2) is 47.2 Å². The summed E-state index contributed by atoms with van der Waals surface area (Å²) in [5, 5.41) is 7.71. The molecule has 3 aromatic rings. The molecule has 2 aromatic heterocycles. The number of nitrogens with one attached hydrogen (secondary N) is 1. The molecule has 1 aromatic carbocycles. The van der Waals surface area contributed by atoms with Crippen molar-refractivity contribution in [1.82, 2.24) is 15.1 Å². The Labute approximate surface area is 226 Å². The fourth-order valence-corrected chi connectivity index (χ4v) is 5.78. The molecule has 200 valence electrons.